The molecular formula is C28H27F3N4O2. The minimum absolute atomic E-state index is 0.121. The van der Waals surface area contributed by atoms with Crippen LogP contribution in [0.4, 0.5) is 24.7 Å². The van der Waals surface area contributed by atoms with Gasteiger partial charge in [0.25, 0.3) is 0 Å². The molecule has 1 aliphatic rings. The van der Waals surface area contributed by atoms with E-state index in [1.165, 1.54) is 12.1 Å². The van der Waals surface area contributed by atoms with Crippen LogP contribution >= 0.6 is 0 Å². The zero-order valence-electron chi connectivity index (χ0n) is 20.5. The van der Waals surface area contributed by atoms with Crippen molar-refractivity contribution in [2.75, 3.05) is 32.1 Å². The first kappa shape index (κ1) is 25.0. The average Bonchev–Trinajstić information content (AvgIpc) is 2.88. The number of hydrogen-bond acceptors (Lipinski definition) is 6. The van der Waals surface area contributed by atoms with Gasteiger partial charge in [-0.15, -0.1) is 0 Å². The smallest absolute Gasteiger partial charge is 0.416 e. The number of benzene rings is 3. The van der Waals surface area contributed by atoms with Crippen molar-refractivity contribution in [3.63, 3.8) is 0 Å². The minimum Gasteiger partial charge on any atom is -0.496 e. The summed E-state index contributed by atoms with van der Waals surface area (Å²) in [5.74, 6) is 1.90. The topological polar surface area (TPSA) is 59.5 Å². The van der Waals surface area contributed by atoms with E-state index in [1.54, 1.807) is 7.11 Å². The van der Waals surface area contributed by atoms with Gasteiger partial charge in [-0.3, -0.25) is 4.90 Å². The number of para-hydroxylation sites is 1. The van der Waals surface area contributed by atoms with Gasteiger partial charge in [-0.05, 0) is 55.0 Å². The lowest BCUT2D eigenvalue weighted by atomic mass is 10.0. The molecule has 2 heterocycles. The number of alkyl halides is 3. The van der Waals surface area contributed by atoms with Crippen molar-refractivity contribution in [3.05, 3.63) is 78.1 Å². The summed E-state index contributed by atoms with van der Waals surface area (Å²) in [5, 5.41) is 3.97. The molecule has 1 saturated heterocycles. The number of aromatic nitrogens is 2. The number of anilines is 2. The first-order chi connectivity index (χ1) is 17.8. The Morgan fingerprint density at radius 3 is 2.57 bits per heavy atom. The van der Waals surface area contributed by atoms with E-state index in [9.17, 15) is 13.2 Å². The summed E-state index contributed by atoms with van der Waals surface area (Å²) in [4.78, 5) is 11.9. The van der Waals surface area contributed by atoms with Crippen LogP contribution in [0.2, 0.25) is 0 Å². The standard InChI is InChI=1S/C28H27F3N4O2/c1-18-16-35(13-14-37-18)17-26-33-24-15-19(22-5-3-4-6-25(22)36-2)7-12-23(24)27(34-26)32-21-10-8-20(9-11-21)28(29,30)31/h3-12,15,18H,13-14,16-17H2,1-2H3,(H,32,33,34)/t18-/m0/s1. The van der Waals surface area contributed by atoms with Crippen LogP contribution in [0.1, 0.15) is 18.3 Å². The molecule has 1 aromatic heterocycles. The molecule has 0 aliphatic carbocycles. The number of nitrogens with zero attached hydrogens (tertiary/aromatic N) is 3. The van der Waals surface area contributed by atoms with Gasteiger partial charge in [-0.25, -0.2) is 9.97 Å². The second kappa shape index (κ2) is 10.4. The molecule has 1 fully saturated rings. The molecule has 0 bridgehead atoms. The number of methoxy groups -OCH3 is 1. The number of nitrogens with one attached hydrogen (secondary N) is 1. The molecule has 6 nitrogen and oxygen atoms in total. The summed E-state index contributed by atoms with van der Waals surface area (Å²) in [6.07, 6.45) is -4.27. The van der Waals surface area contributed by atoms with Crippen molar-refractivity contribution in [1.82, 2.24) is 14.9 Å². The van der Waals surface area contributed by atoms with Crippen LogP contribution in [0.3, 0.4) is 0 Å². The zero-order valence-corrected chi connectivity index (χ0v) is 20.5. The second-order valence-electron chi connectivity index (χ2n) is 9.04. The number of halogens is 3. The van der Waals surface area contributed by atoms with Gasteiger partial charge >= 0.3 is 6.18 Å². The Hall–Kier alpha value is -3.69. The molecule has 1 aliphatic heterocycles. The van der Waals surface area contributed by atoms with Crippen LogP contribution < -0.4 is 10.1 Å². The normalized spacial score (nSPS) is 16.6. The fourth-order valence-electron chi connectivity index (χ4n) is 4.51. The largest absolute Gasteiger partial charge is 0.496 e. The summed E-state index contributed by atoms with van der Waals surface area (Å²) in [6.45, 7) is 4.75. The third-order valence-corrected chi connectivity index (χ3v) is 6.33. The summed E-state index contributed by atoms with van der Waals surface area (Å²) in [6, 6.07) is 18.5. The highest BCUT2D eigenvalue weighted by Gasteiger charge is 2.30. The van der Waals surface area contributed by atoms with E-state index in [4.69, 9.17) is 19.4 Å². The molecule has 9 heteroatoms. The molecule has 0 unspecified atom stereocenters. The van der Waals surface area contributed by atoms with Crippen LogP contribution in [-0.4, -0.2) is 47.8 Å². The third-order valence-electron chi connectivity index (χ3n) is 6.33. The maximum Gasteiger partial charge on any atom is 0.416 e. The summed E-state index contributed by atoms with van der Waals surface area (Å²) in [7, 11) is 1.63. The molecule has 0 amide bonds. The van der Waals surface area contributed by atoms with Crippen molar-refractivity contribution >= 4 is 22.4 Å². The fraction of sp³-hybridized carbons (Fsp3) is 0.286. The highest BCUT2D eigenvalue weighted by molar-refractivity contribution is 5.94. The predicted octanol–water partition coefficient (Wildman–Crippen LogP) is 6.29. The average molecular weight is 509 g/mol. The Kier molecular flexibility index (Phi) is 6.99. The fourth-order valence-corrected chi connectivity index (χ4v) is 4.51. The molecule has 37 heavy (non-hydrogen) atoms. The molecular weight excluding hydrogens is 481 g/mol. The lowest BCUT2D eigenvalue weighted by molar-refractivity contribution is -0.137. The Morgan fingerprint density at radius 2 is 1.84 bits per heavy atom. The van der Waals surface area contributed by atoms with Crippen LogP contribution in [-0.2, 0) is 17.5 Å². The molecule has 3 aromatic carbocycles. The lowest BCUT2D eigenvalue weighted by Crippen LogP contribution is -2.40. The Labute approximate surface area is 213 Å². The van der Waals surface area contributed by atoms with Gasteiger partial charge in [0.2, 0.25) is 0 Å². The molecule has 192 valence electrons. The molecule has 1 atom stereocenters. The van der Waals surface area contributed by atoms with E-state index in [0.29, 0.717) is 30.5 Å². The third kappa shape index (κ3) is 5.68. The lowest BCUT2D eigenvalue weighted by Gasteiger charge is -2.30. The highest BCUT2D eigenvalue weighted by atomic mass is 19.4. The molecule has 1 N–H and O–H groups in total. The van der Waals surface area contributed by atoms with Crippen LogP contribution in [0.25, 0.3) is 22.0 Å². The van der Waals surface area contributed by atoms with Crippen molar-refractivity contribution in [2.45, 2.75) is 25.7 Å². The Morgan fingerprint density at radius 1 is 1.05 bits per heavy atom. The minimum atomic E-state index is -4.39. The van der Waals surface area contributed by atoms with Gasteiger partial charge in [0.15, 0.2) is 0 Å². The van der Waals surface area contributed by atoms with E-state index in [-0.39, 0.29) is 6.10 Å². The molecule has 0 saturated carbocycles. The highest BCUT2D eigenvalue weighted by Crippen LogP contribution is 2.34. The SMILES string of the molecule is COc1ccccc1-c1ccc2c(Nc3ccc(C(F)(F)F)cc3)nc(CN3CCO[C@@H](C)C3)nc2c1. The zero-order chi connectivity index (χ0) is 26.0. The summed E-state index contributed by atoms with van der Waals surface area (Å²) >= 11 is 0. The summed E-state index contributed by atoms with van der Waals surface area (Å²) in [5.41, 5.74) is 2.41. The number of morpholine rings is 1. The van der Waals surface area contributed by atoms with Gasteiger partial charge in [-0.2, -0.15) is 13.2 Å². The van der Waals surface area contributed by atoms with Crippen molar-refractivity contribution in [2.24, 2.45) is 0 Å². The van der Waals surface area contributed by atoms with E-state index in [1.807, 2.05) is 49.4 Å². The first-order valence-electron chi connectivity index (χ1n) is 12.0. The molecule has 5 rings (SSSR count). The van der Waals surface area contributed by atoms with E-state index in [0.717, 1.165) is 53.0 Å². The molecule has 4 aromatic rings. The van der Waals surface area contributed by atoms with Crippen LogP contribution in [0.15, 0.2) is 66.7 Å². The predicted molar refractivity (Wildman–Crippen MR) is 137 cm³/mol. The number of fused-ring (bicyclic) bond motifs is 1. The second-order valence-corrected chi connectivity index (χ2v) is 9.04. The monoisotopic (exact) mass is 508 g/mol. The van der Waals surface area contributed by atoms with Gasteiger partial charge in [0, 0.05) is 29.7 Å². The molecule has 0 radical (unpaired) electrons. The Balaban J connectivity index is 1.54. The van der Waals surface area contributed by atoms with Crippen LogP contribution in [0.5, 0.6) is 5.75 Å². The quantitative estimate of drug-likeness (QED) is 0.330. The van der Waals surface area contributed by atoms with E-state index in [2.05, 4.69) is 10.2 Å². The molecule has 0 spiro atoms. The number of hydrogen-bond donors (Lipinski definition) is 1. The van der Waals surface area contributed by atoms with Crippen LogP contribution in [0, 0.1) is 0 Å². The maximum atomic E-state index is 13.0. The first-order valence-corrected chi connectivity index (χ1v) is 12.0. The van der Waals surface area contributed by atoms with Crippen molar-refractivity contribution in [3.8, 4) is 16.9 Å². The van der Waals surface area contributed by atoms with Gasteiger partial charge < -0.3 is 14.8 Å². The van der Waals surface area contributed by atoms with Crippen molar-refractivity contribution < 1.29 is 22.6 Å². The Bertz CT molecular complexity index is 1390. The van der Waals surface area contributed by atoms with Gasteiger partial charge in [0.05, 0.1) is 37.4 Å². The van der Waals surface area contributed by atoms with Gasteiger partial charge in [-0.1, -0.05) is 24.3 Å². The summed E-state index contributed by atoms with van der Waals surface area (Å²) < 4.78 is 50.3. The van der Waals surface area contributed by atoms with Gasteiger partial charge in [0.1, 0.15) is 17.4 Å². The van der Waals surface area contributed by atoms with E-state index >= 15 is 0 Å². The van der Waals surface area contributed by atoms with Crippen molar-refractivity contribution in [1.29, 1.82) is 0 Å². The number of rotatable bonds is 6. The number of ether oxygens (including phenoxy) is 2. The van der Waals surface area contributed by atoms with E-state index < -0.39 is 11.7 Å². The maximum absolute atomic E-state index is 13.0.